The zero-order chi connectivity index (χ0) is 15.1. The highest BCUT2D eigenvalue weighted by Crippen LogP contribution is 2.22. The number of rotatable bonds is 8. The number of thiophene rings is 1. The van der Waals surface area contributed by atoms with Gasteiger partial charge in [-0.1, -0.05) is 13.0 Å². The molecule has 0 radical (unpaired) electrons. The van der Waals surface area contributed by atoms with Crippen LogP contribution < -0.4 is 5.32 Å². The molecule has 1 amide bonds. The van der Waals surface area contributed by atoms with Gasteiger partial charge in [0.1, 0.15) is 0 Å². The third kappa shape index (κ3) is 5.71. The van der Waals surface area contributed by atoms with Crippen LogP contribution in [-0.2, 0) is 9.59 Å². The summed E-state index contributed by atoms with van der Waals surface area (Å²) in [6, 6.07) is 4.19. The molecule has 0 aliphatic heterocycles. The van der Waals surface area contributed by atoms with Crippen LogP contribution in [0.1, 0.15) is 30.7 Å². The Labute approximate surface area is 123 Å². The van der Waals surface area contributed by atoms with Gasteiger partial charge >= 0.3 is 5.97 Å². The molecule has 2 atom stereocenters. The minimum absolute atomic E-state index is 0.0233. The molecule has 0 bridgehead atoms. The molecular formula is C14H22N2O3S. The SMILES string of the molecule is CC(CC(=O)O)CC(=O)NCC(c1cccs1)N(C)C. The summed E-state index contributed by atoms with van der Waals surface area (Å²) in [5.74, 6) is -1.11. The number of nitrogens with zero attached hydrogens (tertiary/aromatic N) is 1. The van der Waals surface area contributed by atoms with E-state index in [1.54, 1.807) is 18.3 Å². The van der Waals surface area contributed by atoms with Gasteiger partial charge in [0.05, 0.1) is 6.04 Å². The average molecular weight is 298 g/mol. The number of hydrogen-bond acceptors (Lipinski definition) is 4. The first kappa shape index (κ1) is 16.7. The zero-order valence-electron chi connectivity index (χ0n) is 12.1. The molecule has 5 nitrogen and oxygen atoms in total. The Morgan fingerprint density at radius 3 is 2.60 bits per heavy atom. The Kier molecular flexibility index (Phi) is 6.67. The summed E-state index contributed by atoms with van der Waals surface area (Å²) in [4.78, 5) is 25.6. The fourth-order valence-electron chi connectivity index (χ4n) is 1.99. The van der Waals surface area contributed by atoms with E-state index in [1.165, 1.54) is 4.88 Å². The fraction of sp³-hybridized carbons (Fsp3) is 0.571. The molecule has 1 heterocycles. The molecule has 0 aliphatic rings. The Morgan fingerprint density at radius 1 is 1.40 bits per heavy atom. The van der Waals surface area contributed by atoms with Crippen molar-refractivity contribution in [1.29, 1.82) is 0 Å². The molecule has 0 spiro atoms. The van der Waals surface area contributed by atoms with Crippen LogP contribution in [0.2, 0.25) is 0 Å². The van der Waals surface area contributed by atoms with Crippen LogP contribution in [0.5, 0.6) is 0 Å². The number of hydrogen-bond donors (Lipinski definition) is 2. The number of likely N-dealkylation sites (N-methyl/N-ethyl adjacent to an activating group) is 1. The number of carboxylic acids is 1. The van der Waals surface area contributed by atoms with Crippen molar-refractivity contribution in [2.24, 2.45) is 5.92 Å². The molecule has 20 heavy (non-hydrogen) atoms. The summed E-state index contributed by atoms with van der Waals surface area (Å²) < 4.78 is 0. The van der Waals surface area contributed by atoms with Gasteiger partial charge in [-0.3, -0.25) is 9.59 Å². The summed E-state index contributed by atoms with van der Waals surface area (Å²) in [6.07, 6.45) is 0.270. The van der Waals surface area contributed by atoms with Crippen molar-refractivity contribution in [2.75, 3.05) is 20.6 Å². The molecule has 0 saturated heterocycles. The second kappa shape index (κ2) is 8.01. The first-order chi connectivity index (χ1) is 9.40. The molecule has 0 fully saturated rings. The van der Waals surface area contributed by atoms with Crippen molar-refractivity contribution in [1.82, 2.24) is 10.2 Å². The average Bonchev–Trinajstić information content (AvgIpc) is 2.80. The van der Waals surface area contributed by atoms with E-state index >= 15 is 0 Å². The highest BCUT2D eigenvalue weighted by Gasteiger charge is 2.17. The number of nitrogens with one attached hydrogen (secondary N) is 1. The van der Waals surface area contributed by atoms with E-state index in [9.17, 15) is 9.59 Å². The van der Waals surface area contributed by atoms with Crippen molar-refractivity contribution >= 4 is 23.2 Å². The summed E-state index contributed by atoms with van der Waals surface area (Å²) in [6.45, 7) is 2.31. The van der Waals surface area contributed by atoms with Crippen LogP contribution in [0.15, 0.2) is 17.5 Å². The normalized spacial score (nSPS) is 14.0. The van der Waals surface area contributed by atoms with Crippen LogP contribution in [0.4, 0.5) is 0 Å². The van der Waals surface area contributed by atoms with E-state index < -0.39 is 5.97 Å². The first-order valence-corrected chi connectivity index (χ1v) is 7.46. The quantitative estimate of drug-likeness (QED) is 0.770. The molecule has 6 heteroatoms. The van der Waals surface area contributed by atoms with Crippen molar-refractivity contribution < 1.29 is 14.7 Å². The molecule has 1 aromatic heterocycles. The maximum absolute atomic E-state index is 11.8. The molecule has 1 aromatic rings. The van der Waals surface area contributed by atoms with Crippen molar-refractivity contribution in [3.05, 3.63) is 22.4 Å². The molecule has 0 aromatic carbocycles. The Balaban J connectivity index is 2.44. The number of carbonyl (C=O) groups excluding carboxylic acids is 1. The van der Waals surface area contributed by atoms with Crippen LogP contribution in [0.25, 0.3) is 0 Å². The number of amides is 1. The van der Waals surface area contributed by atoms with Gasteiger partial charge in [-0.05, 0) is 31.5 Å². The molecule has 0 aliphatic carbocycles. The van der Waals surface area contributed by atoms with Crippen molar-refractivity contribution in [3.8, 4) is 0 Å². The Morgan fingerprint density at radius 2 is 2.10 bits per heavy atom. The van der Waals surface area contributed by atoms with Gasteiger partial charge in [0.25, 0.3) is 0 Å². The second-order valence-electron chi connectivity index (χ2n) is 5.21. The molecule has 112 valence electrons. The van der Waals surface area contributed by atoms with E-state index in [4.69, 9.17) is 5.11 Å². The van der Waals surface area contributed by atoms with Crippen LogP contribution in [-0.4, -0.2) is 42.5 Å². The molecule has 2 N–H and O–H groups in total. The maximum Gasteiger partial charge on any atom is 0.303 e. The third-order valence-corrected chi connectivity index (χ3v) is 4.02. The van der Waals surface area contributed by atoms with Crippen molar-refractivity contribution in [2.45, 2.75) is 25.8 Å². The molecule has 2 unspecified atom stereocenters. The third-order valence-electron chi connectivity index (χ3n) is 3.04. The second-order valence-corrected chi connectivity index (χ2v) is 6.19. The summed E-state index contributed by atoms with van der Waals surface area (Å²) in [5, 5.41) is 13.6. The predicted octanol–water partition coefficient (Wildman–Crippen LogP) is 1.97. The standard InChI is InChI=1S/C14H22N2O3S/c1-10(8-14(18)19)7-13(17)15-9-11(16(2)3)12-5-4-6-20-12/h4-6,10-11H,7-9H2,1-3H3,(H,15,17)(H,18,19). The highest BCUT2D eigenvalue weighted by atomic mass is 32.1. The monoisotopic (exact) mass is 298 g/mol. The van der Waals surface area contributed by atoms with Gasteiger partial charge in [-0.15, -0.1) is 11.3 Å². The zero-order valence-corrected chi connectivity index (χ0v) is 12.9. The largest absolute Gasteiger partial charge is 0.481 e. The molecule has 1 rings (SSSR count). The lowest BCUT2D eigenvalue weighted by Crippen LogP contribution is -2.34. The van der Waals surface area contributed by atoms with E-state index in [2.05, 4.69) is 16.3 Å². The number of carboxylic acid groups (broad SMARTS) is 1. The van der Waals surface area contributed by atoms with E-state index in [0.29, 0.717) is 6.54 Å². The van der Waals surface area contributed by atoms with Crippen LogP contribution in [0, 0.1) is 5.92 Å². The smallest absolute Gasteiger partial charge is 0.303 e. The van der Waals surface area contributed by atoms with Gasteiger partial charge in [0.2, 0.25) is 5.91 Å². The molecule has 0 saturated carbocycles. The topological polar surface area (TPSA) is 69.6 Å². The van der Waals surface area contributed by atoms with Gasteiger partial charge in [-0.25, -0.2) is 0 Å². The minimum atomic E-state index is -0.866. The summed E-state index contributed by atoms with van der Waals surface area (Å²) in [7, 11) is 3.95. The van der Waals surface area contributed by atoms with Gasteiger partial charge in [0, 0.05) is 24.3 Å². The highest BCUT2D eigenvalue weighted by molar-refractivity contribution is 7.10. The van der Waals surface area contributed by atoms with Crippen LogP contribution in [0.3, 0.4) is 0 Å². The van der Waals surface area contributed by atoms with Gasteiger partial charge in [-0.2, -0.15) is 0 Å². The fourth-order valence-corrected chi connectivity index (χ4v) is 2.91. The lowest BCUT2D eigenvalue weighted by Gasteiger charge is -2.23. The number of aliphatic carboxylic acids is 1. The van der Waals surface area contributed by atoms with Crippen molar-refractivity contribution in [3.63, 3.8) is 0 Å². The van der Waals surface area contributed by atoms with Gasteiger partial charge in [0.15, 0.2) is 0 Å². The predicted molar refractivity (Wildman–Crippen MR) is 79.8 cm³/mol. The number of carbonyl (C=O) groups is 2. The van der Waals surface area contributed by atoms with E-state index in [0.717, 1.165) is 0 Å². The first-order valence-electron chi connectivity index (χ1n) is 6.58. The Hall–Kier alpha value is -1.40. The molecular weight excluding hydrogens is 276 g/mol. The Bertz CT molecular complexity index is 432. The summed E-state index contributed by atoms with van der Waals surface area (Å²) in [5.41, 5.74) is 0. The summed E-state index contributed by atoms with van der Waals surface area (Å²) >= 11 is 1.66. The maximum atomic E-state index is 11.8. The minimum Gasteiger partial charge on any atom is -0.481 e. The van der Waals surface area contributed by atoms with E-state index in [1.807, 2.05) is 25.5 Å². The van der Waals surface area contributed by atoms with E-state index in [-0.39, 0.29) is 30.7 Å². The lowest BCUT2D eigenvalue weighted by molar-refractivity contribution is -0.138. The van der Waals surface area contributed by atoms with Gasteiger partial charge < -0.3 is 15.3 Å². The lowest BCUT2D eigenvalue weighted by atomic mass is 10.0. The van der Waals surface area contributed by atoms with Crippen LogP contribution >= 0.6 is 11.3 Å².